The third kappa shape index (κ3) is 2.99. The van der Waals surface area contributed by atoms with Gasteiger partial charge in [-0.15, -0.1) is 0 Å². The molecule has 1 heterocycles. The Bertz CT molecular complexity index is 465. The summed E-state index contributed by atoms with van der Waals surface area (Å²) in [5.74, 6) is -2.91. The predicted molar refractivity (Wildman–Crippen MR) is 72.7 cm³/mol. The molecule has 0 spiro atoms. The van der Waals surface area contributed by atoms with E-state index in [0.717, 1.165) is 38.3 Å². The van der Waals surface area contributed by atoms with Crippen LogP contribution < -0.4 is 5.73 Å². The minimum absolute atomic E-state index is 0.159. The zero-order valence-corrected chi connectivity index (χ0v) is 11.7. The number of hydrogen-bond donors (Lipinski definition) is 1. The van der Waals surface area contributed by atoms with Gasteiger partial charge in [0.2, 0.25) is 0 Å². The molecule has 1 fully saturated rings. The second kappa shape index (κ2) is 6.59. The van der Waals surface area contributed by atoms with Crippen molar-refractivity contribution < 1.29 is 13.2 Å². The molecule has 1 aromatic rings. The lowest BCUT2D eigenvalue weighted by molar-refractivity contribution is 0.0927. The summed E-state index contributed by atoms with van der Waals surface area (Å²) in [6, 6.07) is 1.49. The highest BCUT2D eigenvalue weighted by atomic mass is 19.2. The molecule has 112 valence electrons. The summed E-state index contributed by atoms with van der Waals surface area (Å²) in [5, 5.41) is 0. The lowest BCUT2D eigenvalue weighted by Gasteiger charge is -2.41. The Balaban J connectivity index is 2.33. The SMILES string of the molecule is CCC1CCCCN1C(CN)c1cc(F)c(F)cc1F. The Hall–Kier alpha value is -1.07. The summed E-state index contributed by atoms with van der Waals surface area (Å²) in [4.78, 5) is 2.14. The molecule has 1 saturated heterocycles. The van der Waals surface area contributed by atoms with Crippen molar-refractivity contribution in [2.24, 2.45) is 5.73 Å². The van der Waals surface area contributed by atoms with E-state index in [4.69, 9.17) is 5.73 Å². The minimum atomic E-state index is -1.16. The van der Waals surface area contributed by atoms with Crippen LogP contribution in [0.3, 0.4) is 0 Å². The van der Waals surface area contributed by atoms with E-state index in [9.17, 15) is 13.2 Å². The van der Waals surface area contributed by atoms with Crippen LogP contribution in [0.15, 0.2) is 12.1 Å². The molecular formula is C15H21F3N2. The van der Waals surface area contributed by atoms with Gasteiger partial charge in [-0.2, -0.15) is 0 Å². The van der Waals surface area contributed by atoms with Gasteiger partial charge in [0.25, 0.3) is 0 Å². The molecule has 0 radical (unpaired) electrons. The molecule has 0 bridgehead atoms. The Kier molecular flexibility index (Phi) is 5.05. The van der Waals surface area contributed by atoms with Crippen molar-refractivity contribution in [3.8, 4) is 0 Å². The van der Waals surface area contributed by atoms with Crippen LogP contribution in [0.1, 0.15) is 44.2 Å². The largest absolute Gasteiger partial charge is 0.329 e. The van der Waals surface area contributed by atoms with Gasteiger partial charge in [0.1, 0.15) is 5.82 Å². The predicted octanol–water partition coefficient (Wildman–Crippen LogP) is 3.37. The van der Waals surface area contributed by atoms with Gasteiger partial charge >= 0.3 is 0 Å². The Labute approximate surface area is 117 Å². The lowest BCUT2D eigenvalue weighted by atomic mass is 9.94. The molecule has 2 unspecified atom stereocenters. The molecule has 0 saturated carbocycles. The van der Waals surface area contributed by atoms with Gasteiger partial charge in [0.05, 0.1) is 6.04 Å². The quantitative estimate of drug-likeness (QED) is 0.860. The molecule has 20 heavy (non-hydrogen) atoms. The van der Waals surface area contributed by atoms with Gasteiger partial charge in [-0.25, -0.2) is 13.2 Å². The summed E-state index contributed by atoms with van der Waals surface area (Å²) in [5.41, 5.74) is 5.94. The van der Waals surface area contributed by atoms with Crippen LogP contribution in [0.5, 0.6) is 0 Å². The van der Waals surface area contributed by atoms with E-state index < -0.39 is 23.5 Å². The second-order valence-corrected chi connectivity index (χ2v) is 5.34. The molecule has 1 aliphatic rings. The van der Waals surface area contributed by atoms with Crippen molar-refractivity contribution in [2.75, 3.05) is 13.1 Å². The van der Waals surface area contributed by atoms with Crippen molar-refractivity contribution in [1.82, 2.24) is 4.90 Å². The van der Waals surface area contributed by atoms with Gasteiger partial charge in [0.15, 0.2) is 11.6 Å². The van der Waals surface area contributed by atoms with Gasteiger partial charge < -0.3 is 5.73 Å². The summed E-state index contributed by atoms with van der Waals surface area (Å²) in [6.45, 7) is 3.09. The van der Waals surface area contributed by atoms with Gasteiger partial charge in [-0.05, 0) is 31.9 Å². The Morgan fingerprint density at radius 2 is 1.90 bits per heavy atom. The highest BCUT2D eigenvalue weighted by molar-refractivity contribution is 5.24. The van der Waals surface area contributed by atoms with Gasteiger partial charge in [-0.3, -0.25) is 4.90 Å². The zero-order chi connectivity index (χ0) is 14.7. The second-order valence-electron chi connectivity index (χ2n) is 5.34. The van der Waals surface area contributed by atoms with Crippen LogP contribution in [0.4, 0.5) is 13.2 Å². The molecule has 2 atom stereocenters. The number of likely N-dealkylation sites (tertiary alicyclic amines) is 1. The van der Waals surface area contributed by atoms with Crippen LogP contribution >= 0.6 is 0 Å². The van der Waals surface area contributed by atoms with Crippen molar-refractivity contribution in [3.63, 3.8) is 0 Å². The number of nitrogens with zero attached hydrogens (tertiary/aromatic N) is 1. The number of benzene rings is 1. The van der Waals surface area contributed by atoms with E-state index in [-0.39, 0.29) is 12.1 Å². The number of rotatable bonds is 4. The maximum Gasteiger partial charge on any atom is 0.161 e. The first kappa shape index (κ1) is 15.3. The Morgan fingerprint density at radius 1 is 1.20 bits per heavy atom. The molecule has 1 aliphatic heterocycles. The van der Waals surface area contributed by atoms with Crippen LogP contribution in [-0.2, 0) is 0 Å². The van der Waals surface area contributed by atoms with Crippen molar-refractivity contribution in [2.45, 2.75) is 44.7 Å². The first-order valence-electron chi connectivity index (χ1n) is 7.18. The number of nitrogens with two attached hydrogens (primary N) is 1. The van der Waals surface area contributed by atoms with Gasteiger partial charge in [-0.1, -0.05) is 13.3 Å². The smallest absolute Gasteiger partial charge is 0.161 e. The third-order valence-corrected chi connectivity index (χ3v) is 4.17. The number of hydrogen-bond acceptors (Lipinski definition) is 2. The fourth-order valence-electron chi connectivity index (χ4n) is 3.11. The van der Waals surface area contributed by atoms with E-state index in [1.807, 2.05) is 0 Å². The van der Waals surface area contributed by atoms with Crippen molar-refractivity contribution in [1.29, 1.82) is 0 Å². The summed E-state index contributed by atoms with van der Waals surface area (Å²) < 4.78 is 40.4. The van der Waals surface area contributed by atoms with E-state index in [1.54, 1.807) is 0 Å². The van der Waals surface area contributed by atoms with E-state index in [0.29, 0.717) is 12.1 Å². The molecule has 0 aliphatic carbocycles. The van der Waals surface area contributed by atoms with E-state index in [1.165, 1.54) is 0 Å². The monoisotopic (exact) mass is 286 g/mol. The number of halogens is 3. The normalized spacial score (nSPS) is 21.9. The zero-order valence-electron chi connectivity index (χ0n) is 11.7. The average Bonchev–Trinajstić information content (AvgIpc) is 2.45. The van der Waals surface area contributed by atoms with Crippen molar-refractivity contribution in [3.05, 3.63) is 35.1 Å². The number of piperidine rings is 1. The van der Waals surface area contributed by atoms with Crippen LogP contribution in [-0.4, -0.2) is 24.0 Å². The average molecular weight is 286 g/mol. The van der Waals surface area contributed by atoms with Crippen LogP contribution in [0, 0.1) is 17.5 Å². The summed E-state index contributed by atoms with van der Waals surface area (Å²) in [7, 11) is 0. The Morgan fingerprint density at radius 3 is 2.55 bits per heavy atom. The van der Waals surface area contributed by atoms with E-state index in [2.05, 4.69) is 11.8 Å². The maximum absolute atomic E-state index is 14.0. The maximum atomic E-state index is 14.0. The highest BCUT2D eigenvalue weighted by Crippen LogP contribution is 2.31. The fourth-order valence-corrected chi connectivity index (χ4v) is 3.11. The molecule has 1 aromatic carbocycles. The van der Waals surface area contributed by atoms with Crippen molar-refractivity contribution >= 4 is 0 Å². The summed E-state index contributed by atoms with van der Waals surface area (Å²) >= 11 is 0. The summed E-state index contributed by atoms with van der Waals surface area (Å²) in [6.07, 6.45) is 4.16. The molecular weight excluding hydrogens is 265 g/mol. The standard InChI is InChI=1S/C15H21F3N2/c1-2-10-5-3-4-6-20(10)15(9-19)11-7-13(17)14(18)8-12(11)16/h7-8,10,15H,2-6,9,19H2,1H3. The third-order valence-electron chi connectivity index (χ3n) is 4.17. The minimum Gasteiger partial charge on any atom is -0.329 e. The molecule has 2 N–H and O–H groups in total. The molecule has 2 nitrogen and oxygen atoms in total. The molecule has 2 rings (SSSR count). The molecule has 0 aromatic heterocycles. The highest BCUT2D eigenvalue weighted by Gasteiger charge is 2.30. The van der Waals surface area contributed by atoms with Crippen LogP contribution in [0.25, 0.3) is 0 Å². The molecule has 0 amide bonds. The fraction of sp³-hybridized carbons (Fsp3) is 0.600. The first-order chi connectivity index (χ1) is 9.58. The first-order valence-corrected chi connectivity index (χ1v) is 7.18. The molecule has 5 heteroatoms. The van der Waals surface area contributed by atoms with E-state index >= 15 is 0 Å². The topological polar surface area (TPSA) is 29.3 Å². The van der Waals surface area contributed by atoms with Crippen LogP contribution in [0.2, 0.25) is 0 Å². The lowest BCUT2D eigenvalue weighted by Crippen LogP contribution is -2.44. The van der Waals surface area contributed by atoms with Gasteiger partial charge in [0, 0.05) is 24.2 Å².